The van der Waals surface area contributed by atoms with Gasteiger partial charge in [0.25, 0.3) is 0 Å². The maximum Gasteiger partial charge on any atom is 0.148 e. The number of thioether (sulfide) groups is 1. The molecule has 0 N–H and O–H groups in total. The summed E-state index contributed by atoms with van der Waals surface area (Å²) in [6, 6.07) is 2.47. The lowest BCUT2D eigenvalue weighted by Gasteiger charge is -2.35. The summed E-state index contributed by atoms with van der Waals surface area (Å²) in [7, 11) is 0. The van der Waals surface area contributed by atoms with E-state index in [0.717, 1.165) is 47.2 Å². The lowest BCUT2D eigenvalue weighted by molar-refractivity contribution is -0.0427. The molecule has 0 spiro atoms. The second kappa shape index (κ2) is 8.60. The Kier molecular flexibility index (Phi) is 6.44. The van der Waals surface area contributed by atoms with Gasteiger partial charge in [-0.2, -0.15) is 5.26 Å². The first-order chi connectivity index (χ1) is 12.6. The molecule has 0 unspecified atom stereocenters. The molecule has 0 aliphatic carbocycles. The molecule has 0 saturated carbocycles. The molecular formula is C20H29N3O2S. The Bertz CT molecular complexity index is 679. The van der Waals surface area contributed by atoms with Gasteiger partial charge in [0.15, 0.2) is 0 Å². The predicted octanol–water partition coefficient (Wildman–Crippen LogP) is 3.92. The smallest absolute Gasteiger partial charge is 0.148 e. The van der Waals surface area contributed by atoms with Crippen LogP contribution < -0.4 is 4.90 Å². The molecule has 0 radical (unpaired) electrons. The number of hydrogen-bond donors (Lipinski definition) is 0. The van der Waals surface area contributed by atoms with E-state index in [9.17, 15) is 5.26 Å². The van der Waals surface area contributed by atoms with E-state index in [1.54, 1.807) is 0 Å². The molecule has 0 atom stereocenters. The van der Waals surface area contributed by atoms with Gasteiger partial charge in [-0.3, -0.25) is 0 Å². The lowest BCUT2D eigenvalue weighted by atomic mass is 9.93. The average Bonchev–Trinajstić information content (AvgIpc) is 2.65. The van der Waals surface area contributed by atoms with Crippen LogP contribution in [0.5, 0.6) is 0 Å². The SMILES string of the molecule is CCCCCSc1c(C#N)c(N2CCOCC2)nc2c1CC(C)(C)OC2. The number of nitriles is 1. The molecule has 1 aromatic heterocycles. The van der Waals surface area contributed by atoms with Crippen LogP contribution in [-0.4, -0.2) is 42.6 Å². The fourth-order valence-corrected chi connectivity index (χ4v) is 4.67. The number of rotatable bonds is 6. The number of hydrogen-bond acceptors (Lipinski definition) is 6. The minimum atomic E-state index is -0.208. The zero-order chi connectivity index (χ0) is 18.6. The second-order valence-electron chi connectivity index (χ2n) is 7.56. The van der Waals surface area contributed by atoms with Crippen LogP contribution in [0.25, 0.3) is 0 Å². The highest BCUT2D eigenvalue weighted by molar-refractivity contribution is 7.99. The van der Waals surface area contributed by atoms with Crippen molar-refractivity contribution in [3.8, 4) is 6.07 Å². The van der Waals surface area contributed by atoms with Gasteiger partial charge in [0.1, 0.15) is 17.5 Å². The highest BCUT2D eigenvalue weighted by atomic mass is 32.2. The molecule has 3 rings (SSSR count). The molecule has 0 amide bonds. The third kappa shape index (κ3) is 4.33. The number of fused-ring (bicyclic) bond motifs is 1. The van der Waals surface area contributed by atoms with Gasteiger partial charge in [-0.25, -0.2) is 4.98 Å². The number of aromatic nitrogens is 1. The van der Waals surface area contributed by atoms with E-state index >= 15 is 0 Å². The van der Waals surface area contributed by atoms with Crippen LogP contribution in [0, 0.1) is 11.3 Å². The van der Waals surface area contributed by atoms with Gasteiger partial charge in [0, 0.05) is 24.4 Å². The third-order valence-corrected chi connectivity index (χ3v) is 6.16. The summed E-state index contributed by atoms with van der Waals surface area (Å²) in [4.78, 5) is 8.21. The Morgan fingerprint density at radius 2 is 2.04 bits per heavy atom. The number of morpholine rings is 1. The summed E-state index contributed by atoms with van der Waals surface area (Å²) in [5, 5.41) is 9.97. The van der Waals surface area contributed by atoms with Crippen molar-refractivity contribution in [1.29, 1.82) is 5.26 Å². The quantitative estimate of drug-likeness (QED) is 0.555. The Labute approximate surface area is 161 Å². The summed E-state index contributed by atoms with van der Waals surface area (Å²) in [6.07, 6.45) is 4.42. The first-order valence-corrected chi connectivity index (χ1v) is 10.6. The van der Waals surface area contributed by atoms with Crippen molar-refractivity contribution in [1.82, 2.24) is 4.98 Å². The van der Waals surface area contributed by atoms with Gasteiger partial charge < -0.3 is 14.4 Å². The number of unbranched alkanes of at least 4 members (excludes halogenated alkanes) is 2. The molecule has 26 heavy (non-hydrogen) atoms. The molecule has 1 aromatic rings. The van der Waals surface area contributed by atoms with Crippen LogP contribution in [0.4, 0.5) is 5.82 Å². The minimum Gasteiger partial charge on any atom is -0.378 e. The second-order valence-corrected chi connectivity index (χ2v) is 8.66. The number of pyridine rings is 1. The van der Waals surface area contributed by atoms with Gasteiger partial charge in [-0.1, -0.05) is 19.8 Å². The van der Waals surface area contributed by atoms with Crippen molar-refractivity contribution in [2.75, 3.05) is 37.0 Å². The van der Waals surface area contributed by atoms with Crippen LogP contribution in [0.1, 0.15) is 56.9 Å². The molecule has 3 heterocycles. The highest BCUT2D eigenvalue weighted by Gasteiger charge is 2.32. The van der Waals surface area contributed by atoms with Gasteiger partial charge in [-0.15, -0.1) is 11.8 Å². The molecule has 0 bridgehead atoms. The minimum absolute atomic E-state index is 0.208. The van der Waals surface area contributed by atoms with Crippen molar-refractivity contribution in [2.45, 2.75) is 63.6 Å². The number of ether oxygens (including phenoxy) is 2. The van der Waals surface area contributed by atoms with Crippen molar-refractivity contribution in [3.05, 3.63) is 16.8 Å². The van der Waals surface area contributed by atoms with Crippen molar-refractivity contribution in [2.24, 2.45) is 0 Å². The average molecular weight is 376 g/mol. The summed E-state index contributed by atoms with van der Waals surface area (Å²) >= 11 is 1.83. The zero-order valence-corrected chi connectivity index (χ0v) is 17.0. The molecule has 142 valence electrons. The van der Waals surface area contributed by atoms with Crippen LogP contribution in [0.15, 0.2) is 4.90 Å². The van der Waals surface area contributed by atoms with Crippen LogP contribution in [0.3, 0.4) is 0 Å². The monoisotopic (exact) mass is 375 g/mol. The summed E-state index contributed by atoms with van der Waals surface area (Å²) in [5.41, 5.74) is 2.75. The first kappa shape index (κ1) is 19.5. The predicted molar refractivity (Wildman–Crippen MR) is 105 cm³/mol. The van der Waals surface area contributed by atoms with E-state index in [1.807, 2.05) is 11.8 Å². The largest absolute Gasteiger partial charge is 0.378 e. The fraction of sp³-hybridized carbons (Fsp3) is 0.700. The maximum atomic E-state index is 9.97. The third-order valence-electron chi connectivity index (χ3n) is 4.93. The Morgan fingerprint density at radius 1 is 1.27 bits per heavy atom. The van der Waals surface area contributed by atoms with E-state index in [0.29, 0.717) is 19.8 Å². The maximum absolute atomic E-state index is 9.97. The van der Waals surface area contributed by atoms with E-state index in [1.165, 1.54) is 24.8 Å². The molecule has 5 nitrogen and oxygen atoms in total. The van der Waals surface area contributed by atoms with E-state index in [-0.39, 0.29) is 5.60 Å². The topological polar surface area (TPSA) is 58.4 Å². The molecule has 6 heteroatoms. The van der Waals surface area contributed by atoms with E-state index in [4.69, 9.17) is 14.5 Å². The normalized spacial score (nSPS) is 19.1. The standard InChI is InChI=1S/C20H29N3O2S/c1-4-5-6-11-26-18-15-12-20(2,3)25-14-17(15)22-19(16(18)13-21)23-7-9-24-10-8-23/h4-12,14H2,1-3H3. The lowest BCUT2D eigenvalue weighted by Crippen LogP contribution is -2.38. The van der Waals surface area contributed by atoms with E-state index in [2.05, 4.69) is 31.7 Å². The van der Waals surface area contributed by atoms with Crippen molar-refractivity contribution in [3.63, 3.8) is 0 Å². The van der Waals surface area contributed by atoms with Gasteiger partial charge in [0.2, 0.25) is 0 Å². The zero-order valence-electron chi connectivity index (χ0n) is 16.1. The van der Waals surface area contributed by atoms with Crippen molar-refractivity contribution < 1.29 is 9.47 Å². The Balaban J connectivity index is 2.00. The number of nitrogens with zero attached hydrogens (tertiary/aromatic N) is 3. The van der Waals surface area contributed by atoms with Crippen LogP contribution in [0.2, 0.25) is 0 Å². The van der Waals surface area contributed by atoms with E-state index < -0.39 is 0 Å². The molecule has 0 aromatic carbocycles. The van der Waals surface area contributed by atoms with Gasteiger partial charge >= 0.3 is 0 Å². The fourth-order valence-electron chi connectivity index (χ4n) is 3.47. The Morgan fingerprint density at radius 3 is 2.73 bits per heavy atom. The Hall–Kier alpha value is -1.29. The van der Waals surface area contributed by atoms with Crippen LogP contribution >= 0.6 is 11.8 Å². The number of anilines is 1. The summed E-state index contributed by atoms with van der Waals surface area (Å²) in [6.45, 7) is 9.91. The molecule has 2 aliphatic rings. The van der Waals surface area contributed by atoms with Gasteiger partial charge in [0.05, 0.1) is 31.1 Å². The summed E-state index contributed by atoms with van der Waals surface area (Å²) in [5.74, 6) is 1.86. The first-order valence-electron chi connectivity index (χ1n) is 9.61. The molecule has 2 aliphatic heterocycles. The molecular weight excluding hydrogens is 346 g/mol. The van der Waals surface area contributed by atoms with Gasteiger partial charge in [-0.05, 0) is 31.6 Å². The molecule has 1 saturated heterocycles. The summed E-state index contributed by atoms with van der Waals surface area (Å²) < 4.78 is 11.5. The molecule has 1 fully saturated rings. The highest BCUT2D eigenvalue weighted by Crippen LogP contribution is 2.39. The van der Waals surface area contributed by atoms with Crippen molar-refractivity contribution >= 4 is 17.6 Å². The van der Waals surface area contributed by atoms with Crippen LogP contribution in [-0.2, 0) is 22.5 Å².